The van der Waals surface area contributed by atoms with Crippen LogP contribution in [0.15, 0.2) is 130 Å². The van der Waals surface area contributed by atoms with E-state index in [9.17, 15) is 0 Å². The van der Waals surface area contributed by atoms with Crippen LogP contribution in [0.25, 0.3) is 21.5 Å². The topological polar surface area (TPSA) is 15.6 Å². The highest BCUT2D eigenvalue weighted by Gasteiger charge is 2.41. The summed E-state index contributed by atoms with van der Waals surface area (Å²) in [6.07, 6.45) is 23.1. The van der Waals surface area contributed by atoms with Crippen molar-refractivity contribution in [1.29, 1.82) is 0 Å². The fraction of sp³-hybridized carbons (Fsp3) is 0.463. The molecule has 1 unspecified atom stereocenters. The highest BCUT2D eigenvalue weighted by molar-refractivity contribution is 8.03. The molecule has 0 bridgehead atoms. The summed E-state index contributed by atoms with van der Waals surface area (Å²) in [4.78, 5) is 9.53. The third kappa shape index (κ3) is 9.57. The second kappa shape index (κ2) is 19.8. The molecule has 57 heavy (non-hydrogen) atoms. The molecule has 4 aromatic carbocycles. The molecule has 0 fully saturated rings. The molecule has 1 aliphatic carbocycles. The minimum atomic E-state index is -0.237. The van der Waals surface area contributed by atoms with Gasteiger partial charge in [0.1, 0.15) is 0 Å². The van der Waals surface area contributed by atoms with E-state index in [1.807, 2.05) is 0 Å². The van der Waals surface area contributed by atoms with Crippen molar-refractivity contribution in [2.45, 2.75) is 137 Å². The van der Waals surface area contributed by atoms with Crippen LogP contribution in [0.2, 0.25) is 0 Å². The summed E-state index contributed by atoms with van der Waals surface area (Å²) in [5.41, 5.74) is 9.49. The van der Waals surface area contributed by atoms with E-state index < -0.39 is 0 Å². The van der Waals surface area contributed by atoms with Crippen LogP contribution < -0.4 is 4.90 Å². The highest BCUT2D eigenvalue weighted by Crippen LogP contribution is 2.51. The molecule has 0 aromatic heterocycles. The first-order valence-electron chi connectivity index (χ1n) is 22.4. The Bertz CT molecular complexity index is 2130. The Balaban J connectivity index is 1.44. The van der Waals surface area contributed by atoms with Gasteiger partial charge in [-0.15, -0.1) is 11.8 Å². The van der Waals surface area contributed by atoms with E-state index in [-0.39, 0.29) is 10.8 Å². The van der Waals surface area contributed by atoms with Crippen molar-refractivity contribution in [1.82, 2.24) is 0 Å². The number of hydrogen-bond acceptors (Lipinski definition) is 3. The SMILES string of the molecule is CCCCN=C(/C=C/C1=C(SCC(CC)CCCC)C(=C/C=C2/N(CCCC)c3ccc4ccccc4c3C2(C)C)/CCC1)C(C)(C)c1cccc2ccccc12. The Morgan fingerprint density at radius 3 is 2.25 bits per heavy atom. The van der Waals surface area contributed by atoms with Gasteiger partial charge in [0.05, 0.1) is 0 Å². The number of hydrogen-bond donors (Lipinski definition) is 0. The summed E-state index contributed by atoms with van der Waals surface area (Å²) >= 11 is 2.14. The molecule has 0 saturated carbocycles. The predicted octanol–water partition coefficient (Wildman–Crippen LogP) is 15.9. The normalized spacial score (nSPS) is 18.2. The standard InChI is InChI=1S/C54H70N2S/c1-9-13-22-40(12-4)39-57-52-43(32-35-49(55-37-14-10-2)53(5,6)47-30-21-25-41-23-16-18-28-45(41)47)26-20-27-44(52)33-36-50-54(7,8)51-46-29-19-17-24-42(46)31-34-48(51)56(50)38-15-11-3/h16-19,21,23-25,28-36,40H,9-15,20,22,26-27,37-39H2,1-8H3/b35-32+,44-33+,50-36+,55-49?. The van der Waals surface area contributed by atoms with E-state index in [0.717, 1.165) is 44.7 Å². The van der Waals surface area contributed by atoms with Gasteiger partial charge < -0.3 is 4.90 Å². The van der Waals surface area contributed by atoms with Crippen LogP contribution in [-0.4, -0.2) is 24.6 Å². The van der Waals surface area contributed by atoms with Gasteiger partial charge in [0.15, 0.2) is 0 Å². The molecule has 2 nitrogen and oxygen atoms in total. The maximum absolute atomic E-state index is 5.37. The summed E-state index contributed by atoms with van der Waals surface area (Å²) in [6.45, 7) is 20.9. The molecule has 2 aliphatic rings. The first kappa shape index (κ1) is 42.8. The average Bonchev–Trinajstić information content (AvgIpc) is 3.45. The summed E-state index contributed by atoms with van der Waals surface area (Å²) in [6, 6.07) is 29.3. The lowest BCUT2D eigenvalue weighted by molar-refractivity contribution is 0.500. The molecule has 0 saturated heterocycles. The number of aliphatic imine (C=N–C) groups is 1. The maximum Gasteiger partial charge on any atom is 0.0457 e. The van der Waals surface area contributed by atoms with Crippen molar-refractivity contribution < 1.29 is 0 Å². The van der Waals surface area contributed by atoms with Crippen molar-refractivity contribution in [2.75, 3.05) is 23.7 Å². The first-order chi connectivity index (χ1) is 27.6. The van der Waals surface area contributed by atoms with E-state index in [2.05, 4.69) is 175 Å². The van der Waals surface area contributed by atoms with E-state index in [1.165, 1.54) is 117 Å². The smallest absolute Gasteiger partial charge is 0.0457 e. The van der Waals surface area contributed by atoms with Gasteiger partial charge in [0.2, 0.25) is 0 Å². The van der Waals surface area contributed by atoms with Gasteiger partial charge in [-0.3, -0.25) is 4.99 Å². The Kier molecular flexibility index (Phi) is 14.8. The third-order valence-corrected chi connectivity index (χ3v) is 14.2. The fourth-order valence-electron chi connectivity index (χ4n) is 9.18. The zero-order valence-electron chi connectivity index (χ0n) is 36.6. The minimum Gasteiger partial charge on any atom is -0.344 e. The van der Waals surface area contributed by atoms with Crippen LogP contribution in [0.5, 0.6) is 0 Å². The summed E-state index contributed by atoms with van der Waals surface area (Å²) < 4.78 is 0. The summed E-state index contributed by atoms with van der Waals surface area (Å²) in [5.74, 6) is 1.92. The molecule has 4 aromatic rings. The van der Waals surface area contributed by atoms with Crippen LogP contribution >= 0.6 is 11.8 Å². The molecule has 0 spiro atoms. The number of fused-ring (bicyclic) bond motifs is 4. The van der Waals surface area contributed by atoms with Crippen LogP contribution in [0.4, 0.5) is 5.69 Å². The minimum absolute atomic E-state index is 0.0973. The molecule has 0 N–H and O–H groups in total. The van der Waals surface area contributed by atoms with Crippen LogP contribution in [0.3, 0.4) is 0 Å². The molecule has 1 atom stereocenters. The van der Waals surface area contributed by atoms with Gasteiger partial charge in [0, 0.05) is 51.7 Å². The van der Waals surface area contributed by atoms with E-state index in [0.29, 0.717) is 0 Å². The second-order valence-electron chi connectivity index (χ2n) is 17.6. The fourth-order valence-corrected chi connectivity index (χ4v) is 10.7. The lowest BCUT2D eigenvalue weighted by atomic mass is 9.77. The Morgan fingerprint density at radius 2 is 1.51 bits per heavy atom. The number of benzene rings is 4. The lowest BCUT2D eigenvalue weighted by Gasteiger charge is -2.28. The quantitative estimate of drug-likeness (QED) is 0.0738. The van der Waals surface area contributed by atoms with Crippen molar-refractivity contribution in [3.63, 3.8) is 0 Å². The van der Waals surface area contributed by atoms with Gasteiger partial charge in [-0.2, -0.15) is 0 Å². The van der Waals surface area contributed by atoms with Crippen LogP contribution in [0.1, 0.15) is 137 Å². The van der Waals surface area contributed by atoms with Gasteiger partial charge in [-0.1, -0.05) is 172 Å². The predicted molar refractivity (Wildman–Crippen MR) is 255 cm³/mol. The van der Waals surface area contributed by atoms with Gasteiger partial charge in [0.25, 0.3) is 0 Å². The molecule has 1 heterocycles. The number of allylic oxidation sites excluding steroid dienone is 7. The largest absolute Gasteiger partial charge is 0.344 e. The molecule has 302 valence electrons. The van der Waals surface area contributed by atoms with E-state index in [4.69, 9.17) is 4.99 Å². The Labute approximate surface area is 350 Å². The van der Waals surface area contributed by atoms with Crippen LogP contribution in [0, 0.1) is 5.92 Å². The van der Waals surface area contributed by atoms with E-state index in [1.54, 1.807) is 0 Å². The van der Waals surface area contributed by atoms with Crippen LogP contribution in [-0.2, 0) is 10.8 Å². The zero-order valence-corrected chi connectivity index (χ0v) is 37.4. The summed E-state index contributed by atoms with van der Waals surface area (Å²) in [5, 5.41) is 5.34. The first-order valence-corrected chi connectivity index (χ1v) is 23.4. The van der Waals surface area contributed by atoms with E-state index >= 15 is 0 Å². The highest BCUT2D eigenvalue weighted by atomic mass is 32.2. The van der Waals surface area contributed by atoms with Gasteiger partial charge >= 0.3 is 0 Å². The molecular weight excluding hydrogens is 709 g/mol. The molecule has 3 heteroatoms. The number of rotatable bonds is 18. The maximum atomic E-state index is 5.37. The lowest BCUT2D eigenvalue weighted by Crippen LogP contribution is -2.28. The Morgan fingerprint density at radius 1 is 0.807 bits per heavy atom. The van der Waals surface area contributed by atoms with Gasteiger partial charge in [-0.05, 0) is 106 Å². The van der Waals surface area contributed by atoms with Crippen molar-refractivity contribution in [3.8, 4) is 0 Å². The number of unbranched alkanes of at least 4 members (excludes halogenated alkanes) is 3. The molecule has 0 radical (unpaired) electrons. The summed E-state index contributed by atoms with van der Waals surface area (Å²) in [7, 11) is 0. The van der Waals surface area contributed by atoms with Crippen molar-refractivity contribution in [2.24, 2.45) is 10.9 Å². The third-order valence-electron chi connectivity index (χ3n) is 12.8. The number of anilines is 1. The zero-order chi connectivity index (χ0) is 40.4. The van der Waals surface area contributed by atoms with Crippen molar-refractivity contribution in [3.05, 3.63) is 136 Å². The average molecular weight is 779 g/mol. The number of nitrogens with zero attached hydrogens (tertiary/aromatic N) is 2. The molecule has 6 rings (SSSR count). The van der Waals surface area contributed by atoms with Crippen molar-refractivity contribution >= 4 is 44.7 Å². The number of thioether (sulfide) groups is 1. The monoisotopic (exact) mass is 779 g/mol. The Hall–Kier alpha value is -3.82. The molecule has 1 aliphatic heterocycles. The molecule has 0 amide bonds. The molecular formula is C54H70N2S. The second-order valence-corrected chi connectivity index (χ2v) is 18.6. The van der Waals surface area contributed by atoms with Gasteiger partial charge in [-0.25, -0.2) is 0 Å².